The highest BCUT2D eigenvalue weighted by atomic mass is 16.4. The number of hydrogen-bond acceptors (Lipinski definition) is 7. The summed E-state index contributed by atoms with van der Waals surface area (Å²) in [4.78, 5) is 22.8. The lowest BCUT2D eigenvalue weighted by Gasteiger charge is -2.08. The van der Waals surface area contributed by atoms with Gasteiger partial charge in [0.1, 0.15) is 5.52 Å². The summed E-state index contributed by atoms with van der Waals surface area (Å²) in [5, 5.41) is 6.50. The van der Waals surface area contributed by atoms with Gasteiger partial charge in [-0.05, 0) is 25.0 Å². The van der Waals surface area contributed by atoms with Crippen molar-refractivity contribution in [2.45, 2.75) is 18.9 Å². The van der Waals surface area contributed by atoms with Crippen molar-refractivity contribution in [2.75, 3.05) is 10.6 Å². The Morgan fingerprint density at radius 3 is 3.00 bits per heavy atom. The number of aromatic nitrogens is 3. The van der Waals surface area contributed by atoms with Crippen molar-refractivity contribution in [3.8, 4) is 0 Å². The molecule has 8 nitrogen and oxygen atoms in total. The molecule has 1 aliphatic carbocycles. The van der Waals surface area contributed by atoms with Gasteiger partial charge in [0.05, 0.1) is 11.8 Å². The van der Waals surface area contributed by atoms with Crippen LogP contribution in [-0.2, 0) is 0 Å². The summed E-state index contributed by atoms with van der Waals surface area (Å²) in [6, 6.07) is 7.57. The zero-order chi connectivity index (χ0) is 16.1. The molecule has 3 heterocycles. The van der Waals surface area contributed by atoms with Gasteiger partial charge in [0.25, 0.3) is 0 Å². The zero-order valence-electron chi connectivity index (χ0n) is 12.5. The second-order valence-electron chi connectivity index (χ2n) is 5.80. The second-order valence-corrected chi connectivity index (χ2v) is 5.80. The summed E-state index contributed by atoms with van der Waals surface area (Å²) in [5.41, 5.74) is 3.23. The van der Waals surface area contributed by atoms with E-state index in [0.29, 0.717) is 34.5 Å². The summed E-state index contributed by atoms with van der Waals surface area (Å²) in [6.45, 7) is 0. The van der Waals surface area contributed by atoms with Gasteiger partial charge in [0.15, 0.2) is 17.0 Å². The third-order valence-corrected chi connectivity index (χ3v) is 3.90. The normalized spacial score (nSPS) is 14.3. The molecule has 1 fully saturated rings. The molecule has 0 bridgehead atoms. The minimum Gasteiger partial charge on any atom is -0.459 e. The maximum atomic E-state index is 11.2. The standard InChI is InChI=1S/C16H13N5O3/c22-16-20-10-4-3-9(7-12(10)24-16)18-15-19-11-5-6-23-13(11)14(21-15)17-8-1-2-8/h3-8H,1-2H2,(H,20,22)(H2,17,18,19,21). The Balaban J connectivity index is 1.53. The molecule has 0 atom stereocenters. The molecule has 0 radical (unpaired) electrons. The van der Waals surface area contributed by atoms with Gasteiger partial charge in [-0.25, -0.2) is 9.78 Å². The maximum absolute atomic E-state index is 11.2. The van der Waals surface area contributed by atoms with Gasteiger partial charge in [-0.15, -0.1) is 0 Å². The van der Waals surface area contributed by atoms with Crippen molar-refractivity contribution in [1.29, 1.82) is 0 Å². The Morgan fingerprint density at radius 1 is 1.21 bits per heavy atom. The van der Waals surface area contributed by atoms with Crippen LogP contribution in [0.25, 0.3) is 22.2 Å². The quantitative estimate of drug-likeness (QED) is 0.529. The van der Waals surface area contributed by atoms with Crippen LogP contribution < -0.4 is 16.4 Å². The molecule has 8 heteroatoms. The molecule has 0 amide bonds. The highest BCUT2D eigenvalue weighted by Crippen LogP contribution is 2.30. The van der Waals surface area contributed by atoms with E-state index in [9.17, 15) is 4.79 Å². The Labute approximate surface area is 134 Å². The van der Waals surface area contributed by atoms with E-state index < -0.39 is 5.76 Å². The molecule has 24 heavy (non-hydrogen) atoms. The number of nitrogens with one attached hydrogen (secondary N) is 3. The van der Waals surface area contributed by atoms with Crippen LogP contribution >= 0.6 is 0 Å². The van der Waals surface area contributed by atoms with E-state index in [2.05, 4.69) is 25.6 Å². The number of oxazole rings is 1. The maximum Gasteiger partial charge on any atom is 0.417 e. The molecular weight excluding hydrogens is 310 g/mol. The van der Waals surface area contributed by atoms with Crippen molar-refractivity contribution in [3.05, 3.63) is 41.1 Å². The van der Waals surface area contributed by atoms with E-state index in [-0.39, 0.29) is 0 Å². The topological polar surface area (TPSA) is 109 Å². The van der Waals surface area contributed by atoms with E-state index in [1.54, 1.807) is 24.5 Å². The van der Waals surface area contributed by atoms with Gasteiger partial charge in [0.2, 0.25) is 5.95 Å². The minimum atomic E-state index is -0.478. The molecule has 1 aromatic carbocycles. The van der Waals surface area contributed by atoms with Gasteiger partial charge in [-0.2, -0.15) is 4.98 Å². The molecule has 1 aliphatic rings. The van der Waals surface area contributed by atoms with Crippen LogP contribution in [0.5, 0.6) is 0 Å². The first-order chi connectivity index (χ1) is 11.7. The molecule has 0 spiro atoms. The molecule has 120 valence electrons. The molecule has 1 saturated carbocycles. The van der Waals surface area contributed by atoms with Crippen LogP contribution in [0, 0.1) is 0 Å². The Kier molecular flexibility index (Phi) is 2.66. The van der Waals surface area contributed by atoms with Crippen LogP contribution in [0.2, 0.25) is 0 Å². The Bertz CT molecular complexity index is 1110. The second kappa shape index (κ2) is 4.85. The fourth-order valence-electron chi connectivity index (χ4n) is 2.59. The van der Waals surface area contributed by atoms with Crippen molar-refractivity contribution in [1.82, 2.24) is 15.0 Å². The van der Waals surface area contributed by atoms with E-state index in [1.807, 2.05) is 6.07 Å². The van der Waals surface area contributed by atoms with Gasteiger partial charge in [-0.1, -0.05) is 0 Å². The summed E-state index contributed by atoms with van der Waals surface area (Å²) in [7, 11) is 0. The monoisotopic (exact) mass is 323 g/mol. The number of H-pyrrole nitrogens is 1. The van der Waals surface area contributed by atoms with E-state index in [0.717, 1.165) is 24.0 Å². The molecule has 0 aliphatic heterocycles. The van der Waals surface area contributed by atoms with Crippen molar-refractivity contribution < 1.29 is 8.83 Å². The molecule has 5 rings (SSSR count). The first-order valence-corrected chi connectivity index (χ1v) is 7.66. The smallest absolute Gasteiger partial charge is 0.417 e. The van der Waals surface area contributed by atoms with E-state index in [4.69, 9.17) is 8.83 Å². The minimum absolute atomic E-state index is 0.448. The van der Waals surface area contributed by atoms with Gasteiger partial charge < -0.3 is 19.5 Å². The molecule has 3 aromatic heterocycles. The average molecular weight is 323 g/mol. The lowest BCUT2D eigenvalue weighted by molar-refractivity contribution is 0.555. The number of furan rings is 1. The zero-order valence-corrected chi connectivity index (χ0v) is 12.5. The van der Waals surface area contributed by atoms with Gasteiger partial charge in [0, 0.05) is 23.9 Å². The fraction of sp³-hybridized carbons (Fsp3) is 0.188. The number of rotatable bonds is 4. The van der Waals surface area contributed by atoms with Crippen molar-refractivity contribution in [2.24, 2.45) is 0 Å². The lowest BCUT2D eigenvalue weighted by Crippen LogP contribution is -2.06. The predicted octanol–water partition coefficient (Wildman–Crippen LogP) is 2.98. The number of hydrogen-bond donors (Lipinski definition) is 3. The Morgan fingerprint density at radius 2 is 2.12 bits per heavy atom. The first-order valence-electron chi connectivity index (χ1n) is 7.66. The lowest BCUT2D eigenvalue weighted by atomic mass is 10.3. The highest BCUT2D eigenvalue weighted by molar-refractivity contribution is 5.85. The third kappa shape index (κ3) is 2.28. The molecule has 4 aromatic rings. The number of fused-ring (bicyclic) bond motifs is 2. The summed E-state index contributed by atoms with van der Waals surface area (Å²) in [5.74, 6) is 0.655. The summed E-state index contributed by atoms with van der Waals surface area (Å²) >= 11 is 0. The van der Waals surface area contributed by atoms with E-state index in [1.165, 1.54) is 0 Å². The highest BCUT2D eigenvalue weighted by Gasteiger charge is 2.23. The van der Waals surface area contributed by atoms with E-state index >= 15 is 0 Å². The molecule has 0 unspecified atom stereocenters. The van der Waals surface area contributed by atoms with Crippen LogP contribution in [0.3, 0.4) is 0 Å². The molecular formula is C16H13N5O3. The first kappa shape index (κ1) is 13.2. The molecule has 3 N–H and O–H groups in total. The number of benzene rings is 1. The van der Waals surface area contributed by atoms with Crippen LogP contribution in [0.15, 0.2) is 44.2 Å². The average Bonchev–Trinajstić information content (AvgIpc) is 3.10. The van der Waals surface area contributed by atoms with Crippen LogP contribution in [-0.4, -0.2) is 21.0 Å². The van der Waals surface area contributed by atoms with Crippen molar-refractivity contribution >= 4 is 39.7 Å². The van der Waals surface area contributed by atoms with Gasteiger partial charge >= 0.3 is 5.76 Å². The Hall–Kier alpha value is -3.29. The fourth-order valence-corrected chi connectivity index (χ4v) is 2.59. The number of anilines is 3. The SMILES string of the molecule is O=c1[nH]c2ccc(Nc3nc(NC4CC4)c4occc4n3)cc2o1. The van der Waals surface area contributed by atoms with Crippen LogP contribution in [0.4, 0.5) is 17.5 Å². The number of aromatic amines is 1. The van der Waals surface area contributed by atoms with Crippen molar-refractivity contribution in [3.63, 3.8) is 0 Å². The number of nitrogens with zero attached hydrogens (tertiary/aromatic N) is 2. The largest absolute Gasteiger partial charge is 0.459 e. The third-order valence-electron chi connectivity index (χ3n) is 3.90. The predicted molar refractivity (Wildman–Crippen MR) is 88.6 cm³/mol. The van der Waals surface area contributed by atoms with Crippen LogP contribution in [0.1, 0.15) is 12.8 Å². The molecule has 0 saturated heterocycles. The summed E-state index contributed by atoms with van der Waals surface area (Å²) in [6.07, 6.45) is 3.87. The summed E-state index contributed by atoms with van der Waals surface area (Å²) < 4.78 is 10.5. The van der Waals surface area contributed by atoms with Gasteiger partial charge in [-0.3, -0.25) is 4.98 Å².